The van der Waals surface area contributed by atoms with Crippen LogP contribution in [0.4, 0.5) is 0 Å². The summed E-state index contributed by atoms with van der Waals surface area (Å²) in [6, 6.07) is 16.3. The molecule has 0 amide bonds. The average Bonchev–Trinajstić information content (AvgIpc) is 3.46. The van der Waals surface area contributed by atoms with E-state index in [2.05, 4.69) is 0 Å². The standard InChI is InChI=1S/C31H43NO6S/c1-21(2)19-32(39(36,37)26-13-9-22(3)10-14-26)20-28(34)25(17-23-7-5-4-6-8-23)18-30(35)38-29-16-12-24-11-15-27(33)31(24)29/h4-10,13-14,21,24-25,27-29,31,33-34H,11-12,15-20H2,1-3H3/t24-,25-,27-,28-,29+,31?/m1/s1. The molecule has 4 rings (SSSR count). The molecule has 1 unspecified atom stereocenters. The predicted octanol–water partition coefficient (Wildman–Crippen LogP) is 4.34. The Hall–Kier alpha value is -2.26. The molecule has 7 nitrogen and oxygen atoms in total. The normalized spacial score (nSPS) is 24.6. The molecule has 0 aromatic heterocycles. The summed E-state index contributed by atoms with van der Waals surface area (Å²) < 4.78 is 34.4. The molecule has 2 aliphatic carbocycles. The summed E-state index contributed by atoms with van der Waals surface area (Å²) in [5.74, 6) is -0.499. The molecule has 2 N–H and O–H groups in total. The lowest BCUT2D eigenvalue weighted by atomic mass is 9.90. The minimum Gasteiger partial charge on any atom is -0.462 e. The lowest BCUT2D eigenvalue weighted by Gasteiger charge is -2.30. The molecule has 0 radical (unpaired) electrons. The van der Waals surface area contributed by atoms with Gasteiger partial charge in [0.15, 0.2) is 0 Å². The van der Waals surface area contributed by atoms with E-state index in [0.29, 0.717) is 12.3 Å². The molecule has 2 aliphatic rings. The number of fused-ring (bicyclic) bond motifs is 1. The van der Waals surface area contributed by atoms with Gasteiger partial charge in [0.2, 0.25) is 10.0 Å². The largest absolute Gasteiger partial charge is 0.462 e. The third kappa shape index (κ3) is 7.48. The third-order valence-corrected chi connectivity index (χ3v) is 10.1. The topological polar surface area (TPSA) is 104 Å². The fourth-order valence-electron chi connectivity index (χ4n) is 6.27. The van der Waals surface area contributed by atoms with Crippen molar-refractivity contribution >= 4 is 16.0 Å². The molecule has 2 fully saturated rings. The maximum absolute atomic E-state index is 13.6. The highest BCUT2D eigenvalue weighted by atomic mass is 32.2. The van der Waals surface area contributed by atoms with E-state index in [9.17, 15) is 23.4 Å². The van der Waals surface area contributed by atoms with Crippen LogP contribution in [0.2, 0.25) is 0 Å². The van der Waals surface area contributed by atoms with Gasteiger partial charge in [-0.1, -0.05) is 61.9 Å². The van der Waals surface area contributed by atoms with Crippen LogP contribution in [0.15, 0.2) is 59.5 Å². The number of rotatable bonds is 12. The highest BCUT2D eigenvalue weighted by Crippen LogP contribution is 2.45. The van der Waals surface area contributed by atoms with Crippen molar-refractivity contribution in [2.24, 2.45) is 23.7 Å². The van der Waals surface area contributed by atoms with E-state index in [-0.39, 0.29) is 42.3 Å². The van der Waals surface area contributed by atoms with Crippen molar-refractivity contribution in [2.45, 2.75) is 82.5 Å². The van der Waals surface area contributed by atoms with E-state index in [4.69, 9.17) is 4.74 Å². The number of benzene rings is 2. The van der Waals surface area contributed by atoms with Crippen molar-refractivity contribution in [3.63, 3.8) is 0 Å². The number of carbonyl (C=O) groups is 1. The van der Waals surface area contributed by atoms with E-state index in [1.54, 1.807) is 24.3 Å². The second-order valence-corrected chi connectivity index (χ2v) is 13.8. The van der Waals surface area contributed by atoms with Crippen molar-refractivity contribution in [3.8, 4) is 0 Å². The second-order valence-electron chi connectivity index (χ2n) is 11.8. The number of hydrogen-bond acceptors (Lipinski definition) is 6. The lowest BCUT2D eigenvalue weighted by molar-refractivity contribution is -0.154. The Morgan fingerprint density at radius 1 is 1.00 bits per heavy atom. The first-order chi connectivity index (χ1) is 18.5. The molecule has 2 aromatic carbocycles. The fraction of sp³-hybridized carbons (Fsp3) is 0.581. The van der Waals surface area contributed by atoms with Crippen LogP contribution in [-0.2, 0) is 26.0 Å². The smallest absolute Gasteiger partial charge is 0.306 e. The summed E-state index contributed by atoms with van der Waals surface area (Å²) in [6.07, 6.45) is 2.00. The zero-order chi connectivity index (χ0) is 28.2. The maximum atomic E-state index is 13.6. The summed E-state index contributed by atoms with van der Waals surface area (Å²) in [5.41, 5.74) is 1.92. The van der Waals surface area contributed by atoms with E-state index in [1.807, 2.05) is 51.1 Å². The monoisotopic (exact) mass is 557 g/mol. The van der Waals surface area contributed by atoms with E-state index in [1.165, 1.54) is 4.31 Å². The highest BCUT2D eigenvalue weighted by Gasteiger charge is 2.46. The first-order valence-corrected chi connectivity index (χ1v) is 15.6. The van der Waals surface area contributed by atoms with Gasteiger partial charge in [-0.05, 0) is 68.6 Å². The summed E-state index contributed by atoms with van der Waals surface area (Å²) >= 11 is 0. The summed E-state index contributed by atoms with van der Waals surface area (Å²) in [4.78, 5) is 13.4. The highest BCUT2D eigenvalue weighted by molar-refractivity contribution is 7.89. The Bertz CT molecular complexity index is 1180. The van der Waals surface area contributed by atoms with Gasteiger partial charge in [-0.25, -0.2) is 8.42 Å². The van der Waals surface area contributed by atoms with E-state index in [0.717, 1.165) is 36.8 Å². The molecule has 8 heteroatoms. The van der Waals surface area contributed by atoms with Gasteiger partial charge in [0, 0.05) is 24.9 Å². The molecule has 0 aliphatic heterocycles. The number of aryl methyl sites for hydroxylation is 1. The second kappa shape index (κ2) is 12.9. The van der Waals surface area contributed by atoms with Crippen LogP contribution in [0.5, 0.6) is 0 Å². The van der Waals surface area contributed by atoms with Gasteiger partial charge >= 0.3 is 5.97 Å². The van der Waals surface area contributed by atoms with E-state index < -0.39 is 34.1 Å². The van der Waals surface area contributed by atoms with Gasteiger partial charge in [0.1, 0.15) is 6.10 Å². The maximum Gasteiger partial charge on any atom is 0.306 e. The molecule has 0 saturated heterocycles. The van der Waals surface area contributed by atoms with Crippen LogP contribution >= 0.6 is 0 Å². The number of carbonyl (C=O) groups excluding carboxylic acids is 1. The summed E-state index contributed by atoms with van der Waals surface area (Å²) in [5, 5.41) is 21.9. The molecule has 39 heavy (non-hydrogen) atoms. The van der Waals surface area contributed by atoms with Gasteiger partial charge in [0.25, 0.3) is 0 Å². The third-order valence-electron chi connectivity index (χ3n) is 8.29. The molecule has 2 saturated carbocycles. The van der Waals surface area contributed by atoms with Gasteiger partial charge in [-0.15, -0.1) is 0 Å². The van der Waals surface area contributed by atoms with Crippen LogP contribution < -0.4 is 0 Å². The number of hydrogen-bond donors (Lipinski definition) is 2. The van der Waals surface area contributed by atoms with Crippen molar-refractivity contribution < 1.29 is 28.2 Å². The number of sulfonamides is 1. The van der Waals surface area contributed by atoms with Crippen LogP contribution in [-0.4, -0.2) is 60.3 Å². The van der Waals surface area contributed by atoms with Gasteiger partial charge in [0.05, 0.1) is 23.5 Å². The quantitative estimate of drug-likeness (QED) is 0.376. The van der Waals surface area contributed by atoms with Gasteiger partial charge in [-0.3, -0.25) is 4.79 Å². The Morgan fingerprint density at radius 3 is 2.33 bits per heavy atom. The van der Waals surface area contributed by atoms with E-state index >= 15 is 0 Å². The summed E-state index contributed by atoms with van der Waals surface area (Å²) in [7, 11) is -3.85. The molecular formula is C31H43NO6S. The molecule has 214 valence electrons. The predicted molar refractivity (Wildman–Crippen MR) is 150 cm³/mol. The first kappa shape index (κ1) is 29.7. The molecule has 0 heterocycles. The minimum absolute atomic E-state index is 0.00682. The Kier molecular flexibility index (Phi) is 9.86. The molecule has 6 atom stereocenters. The van der Waals surface area contributed by atoms with Crippen molar-refractivity contribution in [3.05, 3.63) is 65.7 Å². The van der Waals surface area contributed by atoms with Crippen LogP contribution in [0.25, 0.3) is 0 Å². The molecule has 0 spiro atoms. The summed E-state index contributed by atoms with van der Waals surface area (Å²) in [6.45, 7) is 5.91. The van der Waals surface area contributed by atoms with Crippen molar-refractivity contribution in [1.82, 2.24) is 4.31 Å². The lowest BCUT2D eigenvalue weighted by Crippen LogP contribution is -2.43. The number of ether oxygens (including phenoxy) is 1. The number of aliphatic hydroxyl groups is 2. The zero-order valence-corrected chi connectivity index (χ0v) is 24.1. The number of nitrogens with zero attached hydrogens (tertiary/aromatic N) is 1. The molecule has 2 aromatic rings. The fourth-order valence-corrected chi connectivity index (χ4v) is 7.89. The van der Waals surface area contributed by atoms with Crippen LogP contribution in [0, 0.1) is 30.6 Å². The van der Waals surface area contributed by atoms with Gasteiger partial charge in [-0.2, -0.15) is 4.31 Å². The van der Waals surface area contributed by atoms with Crippen LogP contribution in [0.3, 0.4) is 0 Å². The number of aliphatic hydroxyl groups excluding tert-OH is 2. The minimum atomic E-state index is -3.85. The van der Waals surface area contributed by atoms with Crippen LogP contribution in [0.1, 0.15) is 57.1 Å². The molecule has 0 bridgehead atoms. The number of esters is 1. The Labute approximate surface area is 233 Å². The Morgan fingerprint density at radius 2 is 1.67 bits per heavy atom. The first-order valence-electron chi connectivity index (χ1n) is 14.2. The molecular weight excluding hydrogens is 514 g/mol. The Balaban J connectivity index is 1.51. The zero-order valence-electron chi connectivity index (χ0n) is 23.3. The van der Waals surface area contributed by atoms with Crippen molar-refractivity contribution in [1.29, 1.82) is 0 Å². The SMILES string of the molecule is Cc1ccc(S(=O)(=O)N(CC(C)C)C[C@@H](O)[C@@H](CC(=O)O[C@H]2CC[C@H]3CC[C@@H](O)C32)Cc2ccccc2)cc1. The average molecular weight is 558 g/mol. The van der Waals surface area contributed by atoms with Crippen molar-refractivity contribution in [2.75, 3.05) is 13.1 Å². The van der Waals surface area contributed by atoms with Gasteiger partial charge < -0.3 is 14.9 Å².